The third-order valence-electron chi connectivity index (χ3n) is 3.49. The first kappa shape index (κ1) is 9.64. The van der Waals surface area contributed by atoms with Crippen molar-refractivity contribution in [2.24, 2.45) is 0 Å². The summed E-state index contributed by atoms with van der Waals surface area (Å²) >= 11 is 0. The SMILES string of the molecule is O=C1CCC(c2coc3ccccc23)CC1. The van der Waals surface area contributed by atoms with Gasteiger partial charge < -0.3 is 4.42 Å². The maximum atomic E-state index is 11.2. The van der Waals surface area contributed by atoms with Crippen molar-refractivity contribution < 1.29 is 9.21 Å². The maximum Gasteiger partial charge on any atom is 0.134 e. The summed E-state index contributed by atoms with van der Waals surface area (Å²) in [5.41, 5.74) is 2.23. The van der Waals surface area contributed by atoms with Crippen LogP contribution in [0.4, 0.5) is 0 Å². The molecule has 0 saturated heterocycles. The van der Waals surface area contributed by atoms with Gasteiger partial charge in [-0.1, -0.05) is 18.2 Å². The van der Waals surface area contributed by atoms with Crippen molar-refractivity contribution in [1.29, 1.82) is 0 Å². The van der Waals surface area contributed by atoms with Crippen molar-refractivity contribution in [3.05, 3.63) is 36.1 Å². The zero-order valence-corrected chi connectivity index (χ0v) is 9.11. The van der Waals surface area contributed by atoms with Crippen LogP contribution in [-0.2, 0) is 4.79 Å². The Bertz CT molecular complexity index is 514. The van der Waals surface area contributed by atoms with Crippen molar-refractivity contribution in [3.8, 4) is 0 Å². The van der Waals surface area contributed by atoms with Crippen LogP contribution >= 0.6 is 0 Å². The molecule has 2 aromatic rings. The number of benzene rings is 1. The summed E-state index contributed by atoms with van der Waals surface area (Å²) in [6.45, 7) is 0. The number of furan rings is 1. The molecule has 0 bridgehead atoms. The quantitative estimate of drug-likeness (QED) is 0.725. The van der Waals surface area contributed by atoms with E-state index in [1.165, 1.54) is 10.9 Å². The number of para-hydroxylation sites is 1. The van der Waals surface area contributed by atoms with Crippen molar-refractivity contribution >= 4 is 16.8 Å². The van der Waals surface area contributed by atoms with E-state index in [9.17, 15) is 4.79 Å². The van der Waals surface area contributed by atoms with Crippen LogP contribution in [0.3, 0.4) is 0 Å². The minimum Gasteiger partial charge on any atom is -0.464 e. The average Bonchev–Trinajstić information content (AvgIpc) is 2.74. The summed E-state index contributed by atoms with van der Waals surface area (Å²) in [5.74, 6) is 0.908. The molecule has 1 aliphatic rings. The smallest absolute Gasteiger partial charge is 0.134 e. The monoisotopic (exact) mass is 214 g/mol. The largest absolute Gasteiger partial charge is 0.464 e. The van der Waals surface area contributed by atoms with Gasteiger partial charge in [-0.25, -0.2) is 0 Å². The lowest BCUT2D eigenvalue weighted by Crippen LogP contribution is -2.11. The Balaban J connectivity index is 1.97. The van der Waals surface area contributed by atoms with Gasteiger partial charge in [-0.05, 0) is 24.8 Å². The van der Waals surface area contributed by atoms with E-state index in [1.807, 2.05) is 24.5 Å². The van der Waals surface area contributed by atoms with E-state index in [4.69, 9.17) is 4.42 Å². The number of ketones is 1. The van der Waals surface area contributed by atoms with Gasteiger partial charge in [0.15, 0.2) is 0 Å². The number of rotatable bonds is 1. The fraction of sp³-hybridized carbons (Fsp3) is 0.357. The Morgan fingerprint density at radius 1 is 1.12 bits per heavy atom. The van der Waals surface area contributed by atoms with Gasteiger partial charge >= 0.3 is 0 Å². The molecule has 1 saturated carbocycles. The van der Waals surface area contributed by atoms with Crippen molar-refractivity contribution in [2.75, 3.05) is 0 Å². The standard InChI is InChI=1S/C14H14O2/c15-11-7-5-10(6-8-11)13-9-16-14-4-2-1-3-12(13)14/h1-4,9-10H,5-8H2. The van der Waals surface area contributed by atoms with Crippen LogP contribution in [-0.4, -0.2) is 5.78 Å². The number of Topliss-reactive ketones (excluding diaryl/α,β-unsaturated/α-hetero) is 1. The number of carbonyl (C=O) groups is 1. The molecule has 0 amide bonds. The molecule has 1 aliphatic carbocycles. The van der Waals surface area contributed by atoms with Gasteiger partial charge in [-0.2, -0.15) is 0 Å². The lowest BCUT2D eigenvalue weighted by atomic mass is 9.83. The molecule has 0 unspecified atom stereocenters. The highest BCUT2D eigenvalue weighted by molar-refractivity contribution is 5.83. The number of carbonyl (C=O) groups excluding carboxylic acids is 1. The molecule has 1 heterocycles. The minimum atomic E-state index is 0.407. The van der Waals surface area contributed by atoms with E-state index in [0.717, 1.165) is 31.3 Å². The van der Waals surface area contributed by atoms with Gasteiger partial charge in [0.05, 0.1) is 6.26 Å². The van der Waals surface area contributed by atoms with Gasteiger partial charge in [0.1, 0.15) is 11.4 Å². The number of hydrogen-bond acceptors (Lipinski definition) is 2. The Morgan fingerprint density at radius 2 is 1.88 bits per heavy atom. The summed E-state index contributed by atoms with van der Waals surface area (Å²) < 4.78 is 5.54. The third kappa shape index (κ3) is 1.54. The molecule has 0 aliphatic heterocycles. The summed E-state index contributed by atoms with van der Waals surface area (Å²) in [4.78, 5) is 11.2. The van der Waals surface area contributed by atoms with E-state index in [0.29, 0.717) is 11.7 Å². The molecule has 0 N–H and O–H groups in total. The second-order valence-corrected chi connectivity index (χ2v) is 4.50. The molecular formula is C14H14O2. The maximum absolute atomic E-state index is 11.2. The van der Waals surface area contributed by atoms with Crippen LogP contribution in [0.25, 0.3) is 11.0 Å². The molecule has 3 rings (SSSR count). The fourth-order valence-electron chi connectivity index (χ4n) is 2.57. The molecule has 82 valence electrons. The number of fused-ring (bicyclic) bond motifs is 1. The molecule has 1 aromatic heterocycles. The molecule has 1 fully saturated rings. The predicted octanol–water partition coefficient (Wildman–Crippen LogP) is 3.66. The van der Waals surface area contributed by atoms with Gasteiger partial charge in [0.25, 0.3) is 0 Å². The van der Waals surface area contributed by atoms with E-state index in [1.54, 1.807) is 0 Å². The van der Waals surface area contributed by atoms with Gasteiger partial charge in [0, 0.05) is 23.8 Å². The van der Waals surface area contributed by atoms with Gasteiger partial charge in [-0.15, -0.1) is 0 Å². The van der Waals surface area contributed by atoms with Crippen LogP contribution < -0.4 is 0 Å². The second kappa shape index (κ2) is 3.78. The van der Waals surface area contributed by atoms with Crippen LogP contribution in [0, 0.1) is 0 Å². The molecule has 0 atom stereocenters. The number of hydrogen-bond donors (Lipinski definition) is 0. The molecule has 16 heavy (non-hydrogen) atoms. The molecular weight excluding hydrogens is 200 g/mol. The first-order chi connectivity index (χ1) is 7.84. The summed E-state index contributed by atoms with van der Waals surface area (Å²) in [7, 11) is 0. The minimum absolute atomic E-state index is 0.407. The van der Waals surface area contributed by atoms with Crippen LogP contribution in [0.15, 0.2) is 34.9 Å². The normalized spacial score (nSPS) is 18.1. The zero-order chi connectivity index (χ0) is 11.0. The highest BCUT2D eigenvalue weighted by Crippen LogP contribution is 2.36. The summed E-state index contributed by atoms with van der Waals surface area (Å²) in [5, 5.41) is 1.21. The van der Waals surface area contributed by atoms with Gasteiger partial charge in [0.2, 0.25) is 0 Å². The first-order valence-electron chi connectivity index (χ1n) is 5.82. The Morgan fingerprint density at radius 3 is 2.69 bits per heavy atom. The Kier molecular flexibility index (Phi) is 2.28. The topological polar surface area (TPSA) is 30.2 Å². The van der Waals surface area contributed by atoms with Crippen molar-refractivity contribution in [2.45, 2.75) is 31.6 Å². The first-order valence-corrected chi connectivity index (χ1v) is 5.82. The lowest BCUT2D eigenvalue weighted by molar-refractivity contribution is -0.120. The van der Waals surface area contributed by atoms with E-state index in [-0.39, 0.29) is 0 Å². The van der Waals surface area contributed by atoms with Crippen LogP contribution in [0.1, 0.15) is 37.2 Å². The molecule has 0 spiro atoms. The van der Waals surface area contributed by atoms with Crippen LogP contribution in [0.5, 0.6) is 0 Å². The fourth-order valence-corrected chi connectivity index (χ4v) is 2.57. The predicted molar refractivity (Wildman–Crippen MR) is 62.4 cm³/mol. The Labute approximate surface area is 94.3 Å². The lowest BCUT2D eigenvalue weighted by Gasteiger charge is -2.19. The molecule has 0 radical (unpaired) electrons. The van der Waals surface area contributed by atoms with Crippen molar-refractivity contribution in [3.63, 3.8) is 0 Å². The molecule has 2 heteroatoms. The molecule has 2 nitrogen and oxygen atoms in total. The summed E-state index contributed by atoms with van der Waals surface area (Å²) in [6.07, 6.45) is 5.27. The Hall–Kier alpha value is -1.57. The van der Waals surface area contributed by atoms with Crippen LogP contribution in [0.2, 0.25) is 0 Å². The van der Waals surface area contributed by atoms with E-state index < -0.39 is 0 Å². The third-order valence-corrected chi connectivity index (χ3v) is 3.49. The van der Waals surface area contributed by atoms with Gasteiger partial charge in [-0.3, -0.25) is 4.79 Å². The van der Waals surface area contributed by atoms with Crippen molar-refractivity contribution in [1.82, 2.24) is 0 Å². The second-order valence-electron chi connectivity index (χ2n) is 4.50. The summed E-state index contributed by atoms with van der Waals surface area (Å²) in [6, 6.07) is 8.12. The zero-order valence-electron chi connectivity index (χ0n) is 9.11. The molecule has 1 aromatic carbocycles. The van der Waals surface area contributed by atoms with E-state index in [2.05, 4.69) is 6.07 Å². The average molecular weight is 214 g/mol. The highest BCUT2D eigenvalue weighted by atomic mass is 16.3. The van der Waals surface area contributed by atoms with E-state index >= 15 is 0 Å². The highest BCUT2D eigenvalue weighted by Gasteiger charge is 2.22.